The molecule has 4 heterocycles. The molecule has 2 aliphatic heterocycles. The van der Waals surface area contributed by atoms with Crippen molar-refractivity contribution in [2.24, 2.45) is 0 Å². The first kappa shape index (κ1) is 19.7. The van der Waals surface area contributed by atoms with Crippen LogP contribution in [0, 0.1) is 0 Å². The smallest absolute Gasteiger partial charge is 0.262 e. The Labute approximate surface area is 187 Å². The zero-order valence-electron chi connectivity index (χ0n) is 15.4. The van der Waals surface area contributed by atoms with Gasteiger partial charge >= 0.3 is 0 Å². The van der Waals surface area contributed by atoms with Crippen molar-refractivity contribution in [2.45, 2.75) is 29.3 Å². The van der Waals surface area contributed by atoms with Crippen LogP contribution < -0.4 is 11.1 Å². The fourth-order valence-electron chi connectivity index (χ4n) is 3.82. The molecule has 2 N–H and O–H groups in total. The molecule has 0 unspecified atom stereocenters. The summed E-state index contributed by atoms with van der Waals surface area (Å²) < 4.78 is 3.73. The van der Waals surface area contributed by atoms with E-state index >= 15 is 0 Å². The topological polar surface area (TPSA) is 110 Å². The summed E-state index contributed by atoms with van der Waals surface area (Å²) in [4.78, 5) is 35.1. The first-order valence-electron chi connectivity index (χ1n) is 9.14. The predicted molar refractivity (Wildman–Crippen MR) is 117 cm³/mol. The first-order valence-corrected chi connectivity index (χ1v) is 11.9. The summed E-state index contributed by atoms with van der Waals surface area (Å²) in [7, 11) is 0. The maximum atomic E-state index is 13.3. The predicted octanol–water partition coefficient (Wildman–Crippen LogP) is 2.37. The fraction of sp³-hybridized carbons (Fsp3) is 0.263. The van der Waals surface area contributed by atoms with E-state index in [-0.39, 0.29) is 11.1 Å². The van der Waals surface area contributed by atoms with E-state index in [2.05, 4.69) is 25.9 Å². The number of hydrogen-bond donors (Lipinski definition) is 2. The molecule has 0 amide bonds. The van der Waals surface area contributed by atoms with Crippen molar-refractivity contribution < 1.29 is 10.2 Å². The SMILES string of the molecule is O=c1c(C(c2cccc(Br)c2)c2c(O)nc3n(c2=O)CCS3)c(O)nc2n1CCS2. The number of aromatic nitrogens is 4. The van der Waals surface area contributed by atoms with Crippen molar-refractivity contribution >= 4 is 39.5 Å². The molecule has 154 valence electrons. The van der Waals surface area contributed by atoms with Gasteiger partial charge in [-0.15, -0.1) is 0 Å². The molecule has 0 spiro atoms. The lowest BCUT2D eigenvalue weighted by atomic mass is 9.87. The highest BCUT2D eigenvalue weighted by Gasteiger charge is 2.34. The molecule has 0 radical (unpaired) electrons. The van der Waals surface area contributed by atoms with Crippen molar-refractivity contribution in [3.63, 3.8) is 0 Å². The van der Waals surface area contributed by atoms with Gasteiger partial charge < -0.3 is 10.2 Å². The Kier molecular flexibility index (Phi) is 4.91. The Morgan fingerprint density at radius 1 is 0.933 bits per heavy atom. The van der Waals surface area contributed by atoms with E-state index in [1.165, 1.54) is 32.7 Å². The van der Waals surface area contributed by atoms with E-state index in [1.54, 1.807) is 18.2 Å². The molecule has 0 atom stereocenters. The highest BCUT2D eigenvalue weighted by Crippen LogP contribution is 2.39. The number of hydrogen-bond acceptors (Lipinski definition) is 8. The van der Waals surface area contributed by atoms with Crippen LogP contribution in [-0.4, -0.2) is 40.8 Å². The molecule has 5 rings (SSSR count). The Balaban J connectivity index is 1.84. The van der Waals surface area contributed by atoms with Crippen LogP contribution in [0.15, 0.2) is 48.6 Å². The summed E-state index contributed by atoms with van der Waals surface area (Å²) in [6, 6.07) is 7.08. The first-order chi connectivity index (χ1) is 14.5. The van der Waals surface area contributed by atoms with Crippen LogP contribution in [0.2, 0.25) is 0 Å². The monoisotopic (exact) mass is 506 g/mol. The number of nitrogens with zero attached hydrogens (tertiary/aromatic N) is 4. The summed E-state index contributed by atoms with van der Waals surface area (Å²) in [5.41, 5.74) is -0.373. The van der Waals surface area contributed by atoms with Crippen LogP contribution in [-0.2, 0) is 13.1 Å². The molecular weight excluding hydrogens is 492 g/mol. The van der Waals surface area contributed by atoms with Crippen molar-refractivity contribution in [1.29, 1.82) is 0 Å². The minimum atomic E-state index is -1.02. The zero-order chi connectivity index (χ0) is 21.0. The van der Waals surface area contributed by atoms with E-state index in [1.807, 2.05) is 6.07 Å². The Bertz CT molecular complexity index is 1230. The molecule has 2 aliphatic rings. The number of rotatable bonds is 3. The lowest BCUT2D eigenvalue weighted by molar-refractivity contribution is 0.414. The van der Waals surface area contributed by atoms with E-state index in [0.717, 1.165) is 4.47 Å². The molecule has 0 fully saturated rings. The number of aromatic hydroxyl groups is 2. The van der Waals surface area contributed by atoms with Crippen molar-refractivity contribution in [2.75, 3.05) is 11.5 Å². The molecule has 0 bridgehead atoms. The van der Waals surface area contributed by atoms with E-state index < -0.39 is 28.8 Å². The maximum Gasteiger partial charge on any atom is 0.262 e. The largest absolute Gasteiger partial charge is 0.493 e. The number of thioether (sulfide) groups is 2. The summed E-state index contributed by atoms with van der Waals surface area (Å²) in [5.74, 6) is -0.543. The second-order valence-electron chi connectivity index (χ2n) is 6.86. The average Bonchev–Trinajstić information content (AvgIpc) is 3.36. The van der Waals surface area contributed by atoms with Crippen LogP contribution in [0.1, 0.15) is 22.6 Å². The zero-order valence-corrected chi connectivity index (χ0v) is 18.6. The van der Waals surface area contributed by atoms with E-state index in [9.17, 15) is 19.8 Å². The second-order valence-corrected chi connectivity index (χ2v) is 9.90. The van der Waals surface area contributed by atoms with Gasteiger partial charge in [0.15, 0.2) is 10.3 Å². The van der Waals surface area contributed by atoms with Gasteiger partial charge in [-0.2, -0.15) is 9.97 Å². The van der Waals surface area contributed by atoms with Gasteiger partial charge in [-0.3, -0.25) is 18.7 Å². The van der Waals surface area contributed by atoms with Gasteiger partial charge in [-0.05, 0) is 17.7 Å². The standard InChI is InChI=1S/C19H15BrN4O4S2/c20-10-3-1-2-9(8-10)11(12-14(25)21-18-23(16(12)27)4-6-29-18)13-15(26)22-19-24(17(13)28)5-7-30-19/h1-3,8,11,25-26H,4-7H2. The van der Waals surface area contributed by atoms with Crippen LogP contribution in [0.3, 0.4) is 0 Å². The van der Waals surface area contributed by atoms with Gasteiger partial charge in [0.2, 0.25) is 11.8 Å². The fourth-order valence-corrected chi connectivity index (χ4v) is 6.11. The van der Waals surface area contributed by atoms with Crippen molar-refractivity contribution in [1.82, 2.24) is 19.1 Å². The van der Waals surface area contributed by atoms with E-state index in [4.69, 9.17) is 0 Å². The number of halogens is 1. The minimum Gasteiger partial charge on any atom is -0.493 e. The summed E-state index contributed by atoms with van der Waals surface area (Å²) in [6.45, 7) is 0.933. The number of fused-ring (bicyclic) bond motifs is 2. The highest BCUT2D eigenvalue weighted by atomic mass is 79.9. The molecular formula is C19H15BrN4O4S2. The third-order valence-electron chi connectivity index (χ3n) is 5.15. The Hall–Kier alpha value is -2.24. The summed E-state index contributed by atoms with van der Waals surface area (Å²) in [5, 5.41) is 22.3. The molecule has 8 nitrogen and oxygen atoms in total. The molecule has 30 heavy (non-hydrogen) atoms. The lowest BCUT2D eigenvalue weighted by Gasteiger charge is -2.20. The van der Waals surface area contributed by atoms with E-state index in [0.29, 0.717) is 40.5 Å². The highest BCUT2D eigenvalue weighted by molar-refractivity contribution is 9.10. The normalized spacial score (nSPS) is 14.9. The van der Waals surface area contributed by atoms with Crippen LogP contribution >= 0.6 is 39.5 Å². The molecule has 3 aromatic rings. The third kappa shape index (κ3) is 3.07. The van der Waals surface area contributed by atoms with Crippen molar-refractivity contribution in [3.05, 3.63) is 66.1 Å². The minimum absolute atomic E-state index is 0.0419. The molecule has 0 saturated heterocycles. The molecule has 0 saturated carbocycles. The van der Waals surface area contributed by atoms with Gasteiger partial charge in [0, 0.05) is 29.1 Å². The van der Waals surface area contributed by atoms with Gasteiger partial charge in [0.1, 0.15) is 0 Å². The van der Waals surface area contributed by atoms with Gasteiger partial charge in [0.05, 0.1) is 17.0 Å². The third-order valence-corrected chi connectivity index (χ3v) is 7.56. The van der Waals surface area contributed by atoms with Crippen LogP contribution in [0.5, 0.6) is 11.8 Å². The lowest BCUT2D eigenvalue weighted by Crippen LogP contribution is -2.32. The summed E-state index contributed by atoms with van der Waals surface area (Å²) >= 11 is 6.19. The van der Waals surface area contributed by atoms with Gasteiger partial charge in [-0.25, -0.2) is 0 Å². The van der Waals surface area contributed by atoms with Crippen LogP contribution in [0.25, 0.3) is 0 Å². The average molecular weight is 507 g/mol. The molecule has 1 aromatic carbocycles. The van der Waals surface area contributed by atoms with Gasteiger partial charge in [0.25, 0.3) is 11.1 Å². The quantitative estimate of drug-likeness (QED) is 0.520. The summed E-state index contributed by atoms with van der Waals surface area (Å²) in [6.07, 6.45) is 0. The molecule has 0 aliphatic carbocycles. The van der Waals surface area contributed by atoms with Gasteiger partial charge in [-0.1, -0.05) is 51.6 Å². The molecule has 2 aromatic heterocycles. The molecule has 11 heteroatoms. The number of benzene rings is 1. The maximum absolute atomic E-state index is 13.3. The van der Waals surface area contributed by atoms with Crippen LogP contribution in [0.4, 0.5) is 0 Å². The Morgan fingerprint density at radius 2 is 1.47 bits per heavy atom. The van der Waals surface area contributed by atoms with Crippen molar-refractivity contribution in [3.8, 4) is 11.8 Å². The second kappa shape index (κ2) is 7.47. The Morgan fingerprint density at radius 3 is 1.97 bits per heavy atom.